The summed E-state index contributed by atoms with van der Waals surface area (Å²) in [5.41, 5.74) is 6.00. The summed E-state index contributed by atoms with van der Waals surface area (Å²) in [5.74, 6) is 1.70. The normalized spacial score (nSPS) is 9.25. The van der Waals surface area contributed by atoms with Crippen molar-refractivity contribution in [2.45, 2.75) is 53.4 Å². The van der Waals surface area contributed by atoms with E-state index >= 15 is 0 Å². The summed E-state index contributed by atoms with van der Waals surface area (Å²) in [6.45, 7) is 12.4. The fraction of sp³-hybridized carbons (Fsp3) is 0.263. The van der Waals surface area contributed by atoms with Gasteiger partial charge in [0.15, 0.2) is 0 Å². The molecule has 0 fully saturated rings. The second-order valence-corrected chi connectivity index (χ2v) is 9.29. The van der Waals surface area contributed by atoms with Gasteiger partial charge in [-0.05, 0) is 54.8 Å². The zero-order chi connectivity index (χ0) is 29.4. The van der Waals surface area contributed by atoms with Crippen molar-refractivity contribution in [2.24, 2.45) is 0 Å². The van der Waals surface area contributed by atoms with E-state index in [1.165, 1.54) is 36.8 Å². The first-order valence-corrected chi connectivity index (χ1v) is 14.1. The van der Waals surface area contributed by atoms with Crippen LogP contribution >= 0.6 is 0 Å². The van der Waals surface area contributed by atoms with Gasteiger partial charge in [-0.25, -0.2) is 0 Å². The molecule has 0 heterocycles. The second-order valence-electron chi connectivity index (χ2n) is 9.29. The van der Waals surface area contributed by atoms with E-state index in [1.54, 1.807) is 20.3 Å². The van der Waals surface area contributed by atoms with Crippen LogP contribution in [0.5, 0.6) is 11.5 Å². The van der Waals surface area contributed by atoms with E-state index in [0.717, 1.165) is 28.2 Å². The number of hydrogen-bond acceptors (Lipinski definition) is 2. The van der Waals surface area contributed by atoms with E-state index in [0.29, 0.717) is 0 Å². The van der Waals surface area contributed by atoms with Crippen LogP contribution in [0, 0.1) is 13.8 Å². The van der Waals surface area contributed by atoms with Gasteiger partial charge >= 0.3 is 0 Å². The highest BCUT2D eigenvalue weighted by atomic mass is 16.5. The zero-order valence-corrected chi connectivity index (χ0v) is 25.4. The standard InChI is InChI=1S/C18H18O2.2C7H8.C6H14/c1-4-5-18(14-6-10-16(19-2)11-7-14)15-8-12-17(20-3)13-9-15;2*1-7-5-3-2-4-6-7;1-3-5-6-4-2/h4-13H,1H2,2-3H3;2*2-6H,1H3;3-6H2,1-2H3. The van der Waals surface area contributed by atoms with Crippen LogP contribution in [0.3, 0.4) is 0 Å². The Kier molecular flexibility index (Phi) is 18.6. The smallest absolute Gasteiger partial charge is 0.118 e. The molecule has 0 saturated carbocycles. The van der Waals surface area contributed by atoms with E-state index in [2.05, 4.69) is 58.5 Å². The van der Waals surface area contributed by atoms with Crippen molar-refractivity contribution < 1.29 is 9.47 Å². The van der Waals surface area contributed by atoms with Gasteiger partial charge in [0.05, 0.1) is 14.2 Å². The van der Waals surface area contributed by atoms with Gasteiger partial charge in [0.1, 0.15) is 11.5 Å². The van der Waals surface area contributed by atoms with Gasteiger partial charge in [0.25, 0.3) is 0 Å². The Bertz CT molecular complexity index is 1080. The van der Waals surface area contributed by atoms with E-state index in [9.17, 15) is 0 Å². The highest BCUT2D eigenvalue weighted by Crippen LogP contribution is 2.26. The molecule has 0 radical (unpaired) electrons. The molecule has 40 heavy (non-hydrogen) atoms. The van der Waals surface area contributed by atoms with Crippen molar-refractivity contribution >= 4 is 5.57 Å². The molecule has 0 aromatic heterocycles. The zero-order valence-electron chi connectivity index (χ0n) is 25.4. The monoisotopic (exact) mass is 536 g/mol. The molecule has 2 heteroatoms. The minimum absolute atomic E-state index is 0.849. The van der Waals surface area contributed by atoms with Crippen LogP contribution in [-0.4, -0.2) is 14.2 Å². The SMILES string of the molecule is C=CC=C(c1ccc(OC)cc1)c1ccc(OC)cc1.CCCCCC.Cc1ccccc1.Cc1ccccc1. The van der Waals surface area contributed by atoms with Crippen LogP contribution in [0.1, 0.15) is 61.8 Å². The van der Waals surface area contributed by atoms with E-state index in [-0.39, 0.29) is 0 Å². The summed E-state index contributed by atoms with van der Waals surface area (Å²) < 4.78 is 10.4. The van der Waals surface area contributed by atoms with Crippen molar-refractivity contribution in [3.63, 3.8) is 0 Å². The van der Waals surface area contributed by atoms with Crippen molar-refractivity contribution in [3.8, 4) is 11.5 Å². The Morgan fingerprint density at radius 1 is 0.575 bits per heavy atom. The number of aryl methyl sites for hydroxylation is 2. The summed E-state index contributed by atoms with van der Waals surface area (Å²) in [7, 11) is 3.33. The number of unbranched alkanes of at least 4 members (excludes halogenated alkanes) is 3. The molecule has 0 atom stereocenters. The first kappa shape index (κ1) is 34.0. The van der Waals surface area contributed by atoms with Crippen LogP contribution in [-0.2, 0) is 0 Å². The topological polar surface area (TPSA) is 18.5 Å². The van der Waals surface area contributed by atoms with Gasteiger partial charge in [-0.15, -0.1) is 0 Å². The average molecular weight is 537 g/mol. The Morgan fingerprint density at radius 2 is 0.925 bits per heavy atom. The number of methoxy groups -OCH3 is 2. The van der Waals surface area contributed by atoms with Gasteiger partial charge in [-0.3, -0.25) is 0 Å². The minimum atomic E-state index is 0.849. The van der Waals surface area contributed by atoms with Gasteiger partial charge < -0.3 is 9.47 Å². The van der Waals surface area contributed by atoms with Crippen LogP contribution in [0.2, 0.25) is 0 Å². The molecule has 4 aromatic rings. The summed E-state index contributed by atoms with van der Waals surface area (Å²) in [4.78, 5) is 0. The number of hydrogen-bond donors (Lipinski definition) is 0. The molecular weight excluding hydrogens is 488 g/mol. The first-order chi connectivity index (χ1) is 19.5. The highest BCUT2D eigenvalue weighted by molar-refractivity contribution is 5.81. The summed E-state index contributed by atoms with van der Waals surface area (Å²) in [6, 6.07) is 36.5. The van der Waals surface area contributed by atoms with Crippen molar-refractivity contribution in [2.75, 3.05) is 14.2 Å². The predicted octanol–water partition coefficient (Wildman–Crippen LogP) is 10.9. The van der Waals surface area contributed by atoms with E-state index in [4.69, 9.17) is 9.47 Å². The lowest BCUT2D eigenvalue weighted by Gasteiger charge is -2.09. The predicted molar refractivity (Wildman–Crippen MR) is 175 cm³/mol. The average Bonchev–Trinajstić information content (AvgIpc) is 3.01. The third kappa shape index (κ3) is 14.8. The maximum atomic E-state index is 5.19. The lowest BCUT2D eigenvalue weighted by molar-refractivity contribution is 0.414. The summed E-state index contributed by atoms with van der Waals surface area (Å²) >= 11 is 0. The second kappa shape index (κ2) is 21.8. The molecule has 0 aliphatic heterocycles. The quantitative estimate of drug-likeness (QED) is 0.165. The maximum Gasteiger partial charge on any atom is 0.118 e. The van der Waals surface area contributed by atoms with Crippen molar-refractivity contribution in [1.29, 1.82) is 0 Å². The lowest BCUT2D eigenvalue weighted by atomic mass is 9.97. The number of benzene rings is 4. The Hall–Kier alpha value is -4.04. The third-order valence-electron chi connectivity index (χ3n) is 5.92. The molecule has 0 amide bonds. The molecule has 2 nitrogen and oxygen atoms in total. The van der Waals surface area contributed by atoms with Crippen LogP contribution < -0.4 is 9.47 Å². The molecule has 0 aliphatic carbocycles. The van der Waals surface area contributed by atoms with Crippen molar-refractivity contribution in [3.05, 3.63) is 150 Å². The molecule has 0 saturated heterocycles. The molecule has 0 bridgehead atoms. The molecule has 0 aliphatic rings. The lowest BCUT2D eigenvalue weighted by Crippen LogP contribution is -1.90. The number of allylic oxidation sites excluding steroid dienone is 2. The van der Waals surface area contributed by atoms with Crippen LogP contribution in [0.25, 0.3) is 5.57 Å². The molecule has 4 aromatic carbocycles. The molecule has 212 valence electrons. The number of rotatable bonds is 8. The molecule has 0 N–H and O–H groups in total. The van der Waals surface area contributed by atoms with Gasteiger partial charge in [-0.2, -0.15) is 0 Å². The largest absolute Gasteiger partial charge is 0.497 e. The fourth-order valence-corrected chi connectivity index (χ4v) is 3.59. The summed E-state index contributed by atoms with van der Waals surface area (Å²) in [6.07, 6.45) is 9.34. The molecule has 0 spiro atoms. The third-order valence-corrected chi connectivity index (χ3v) is 5.92. The van der Waals surface area contributed by atoms with Crippen LogP contribution in [0.15, 0.2) is 128 Å². The van der Waals surface area contributed by atoms with Gasteiger partial charge in [-0.1, -0.05) is 154 Å². The van der Waals surface area contributed by atoms with Crippen LogP contribution in [0.4, 0.5) is 0 Å². The highest BCUT2D eigenvalue weighted by Gasteiger charge is 2.05. The molecular formula is C38H48O2. The Balaban J connectivity index is 0.000000324. The molecule has 4 rings (SSSR count). The fourth-order valence-electron chi connectivity index (χ4n) is 3.59. The van der Waals surface area contributed by atoms with Gasteiger partial charge in [0, 0.05) is 0 Å². The van der Waals surface area contributed by atoms with Crippen molar-refractivity contribution in [1.82, 2.24) is 0 Å². The first-order valence-electron chi connectivity index (χ1n) is 14.1. The summed E-state index contributed by atoms with van der Waals surface area (Å²) in [5, 5.41) is 0. The van der Waals surface area contributed by atoms with Gasteiger partial charge in [0.2, 0.25) is 0 Å². The van der Waals surface area contributed by atoms with E-state index < -0.39 is 0 Å². The molecule has 0 unspecified atom stereocenters. The Morgan fingerprint density at radius 3 is 1.15 bits per heavy atom. The number of ether oxygens (including phenoxy) is 2. The maximum absolute atomic E-state index is 5.19. The Labute approximate surface area is 244 Å². The minimum Gasteiger partial charge on any atom is -0.497 e. The van der Waals surface area contributed by atoms with E-state index in [1.807, 2.05) is 91.0 Å².